The number of fused-ring (bicyclic) bond motifs is 1. The Morgan fingerprint density at radius 1 is 1.18 bits per heavy atom. The molecule has 2 heterocycles. The number of benzene rings is 1. The van der Waals surface area contributed by atoms with Crippen LogP contribution in [0.1, 0.15) is 25.3 Å². The molecule has 6 nitrogen and oxygen atoms in total. The Labute approximate surface area is 174 Å². The molecule has 8 heteroatoms. The molecule has 2 aliphatic rings. The van der Waals surface area contributed by atoms with Gasteiger partial charge >= 0.3 is 6.03 Å². The molecule has 0 N–H and O–H groups in total. The fraction of sp³-hybridized carbons (Fsp3) is 0.450. The van der Waals surface area contributed by atoms with E-state index in [1.165, 1.54) is 17.1 Å². The van der Waals surface area contributed by atoms with Crippen molar-refractivity contribution in [2.24, 2.45) is 11.8 Å². The highest BCUT2D eigenvalue weighted by molar-refractivity contribution is 6.31. The van der Waals surface area contributed by atoms with Crippen molar-refractivity contribution in [1.29, 1.82) is 0 Å². The number of halogens is 2. The second-order valence-corrected chi connectivity index (χ2v) is 8.52. The zero-order valence-electron chi connectivity index (χ0n) is 15.6. The van der Waals surface area contributed by atoms with E-state index in [1.54, 1.807) is 6.92 Å². The summed E-state index contributed by atoms with van der Waals surface area (Å²) in [6.45, 7) is 3.51. The molecule has 148 valence electrons. The normalized spacial score (nSPS) is 23.7. The molecule has 2 amide bonds. The van der Waals surface area contributed by atoms with Crippen molar-refractivity contribution in [3.63, 3.8) is 0 Å². The zero-order chi connectivity index (χ0) is 19.8. The summed E-state index contributed by atoms with van der Waals surface area (Å²) in [4.78, 5) is 28.7. The first-order valence-corrected chi connectivity index (χ1v) is 10.2. The molecule has 2 fully saturated rings. The van der Waals surface area contributed by atoms with Gasteiger partial charge in [0, 0.05) is 37.6 Å². The standard InChI is InChI=1S/C20H22Cl2N4O2/c1-13(27)25(11-14-4-2-3-5-19(14)22)18-6-15-9-24(10-16(15)7-18)20(28)26-12-17(21)8-23-26/h2-5,8,12,15-16,18H,6-7,9-11H2,1H3/t15-,16?,18?/m0/s1. The fourth-order valence-electron chi connectivity index (χ4n) is 4.54. The highest BCUT2D eigenvalue weighted by Crippen LogP contribution is 2.41. The molecule has 0 bridgehead atoms. The summed E-state index contributed by atoms with van der Waals surface area (Å²) in [6, 6.07) is 7.68. The monoisotopic (exact) mass is 420 g/mol. The van der Waals surface area contributed by atoms with Gasteiger partial charge in [-0.15, -0.1) is 0 Å². The summed E-state index contributed by atoms with van der Waals surface area (Å²) < 4.78 is 1.29. The Morgan fingerprint density at radius 3 is 2.43 bits per heavy atom. The first kappa shape index (κ1) is 19.3. The second-order valence-electron chi connectivity index (χ2n) is 7.67. The maximum Gasteiger partial charge on any atom is 0.344 e. The molecular weight excluding hydrogens is 399 g/mol. The van der Waals surface area contributed by atoms with Gasteiger partial charge < -0.3 is 9.80 Å². The number of carbonyl (C=O) groups is 2. The third-order valence-corrected chi connectivity index (χ3v) is 6.45. The molecular formula is C20H22Cl2N4O2. The summed E-state index contributed by atoms with van der Waals surface area (Å²) in [7, 11) is 0. The molecule has 2 unspecified atom stereocenters. The van der Waals surface area contributed by atoms with Gasteiger partial charge in [-0.2, -0.15) is 9.78 Å². The summed E-state index contributed by atoms with van der Waals surface area (Å²) in [5, 5.41) is 5.13. The van der Waals surface area contributed by atoms with E-state index < -0.39 is 0 Å². The van der Waals surface area contributed by atoms with Crippen LogP contribution in [0.3, 0.4) is 0 Å². The average Bonchev–Trinajstić information content (AvgIpc) is 3.34. The van der Waals surface area contributed by atoms with Crippen molar-refractivity contribution in [3.05, 3.63) is 52.3 Å². The smallest absolute Gasteiger partial charge is 0.336 e. The van der Waals surface area contributed by atoms with E-state index in [0.717, 1.165) is 18.4 Å². The van der Waals surface area contributed by atoms with E-state index >= 15 is 0 Å². The third kappa shape index (κ3) is 3.76. The van der Waals surface area contributed by atoms with Gasteiger partial charge in [0.25, 0.3) is 0 Å². The quantitative estimate of drug-likeness (QED) is 0.755. The number of likely N-dealkylation sites (tertiary alicyclic amines) is 1. The molecule has 1 aliphatic heterocycles. The molecule has 1 saturated carbocycles. The van der Waals surface area contributed by atoms with Crippen molar-refractivity contribution in [3.8, 4) is 0 Å². The lowest BCUT2D eigenvalue weighted by atomic mass is 10.0. The average molecular weight is 421 g/mol. The van der Waals surface area contributed by atoms with E-state index in [0.29, 0.717) is 41.5 Å². The van der Waals surface area contributed by atoms with Crippen molar-refractivity contribution < 1.29 is 9.59 Å². The molecule has 3 atom stereocenters. The maximum absolute atomic E-state index is 12.6. The van der Waals surface area contributed by atoms with Gasteiger partial charge in [-0.3, -0.25) is 4.79 Å². The predicted octanol–water partition coefficient (Wildman–Crippen LogP) is 3.92. The van der Waals surface area contributed by atoms with Crippen LogP contribution in [0.25, 0.3) is 0 Å². The molecule has 4 rings (SSSR count). The van der Waals surface area contributed by atoms with E-state index in [-0.39, 0.29) is 18.0 Å². The summed E-state index contributed by atoms with van der Waals surface area (Å²) in [6.07, 6.45) is 4.80. The minimum atomic E-state index is -0.141. The van der Waals surface area contributed by atoms with Gasteiger partial charge in [0.15, 0.2) is 0 Å². The number of hydrogen-bond acceptors (Lipinski definition) is 3. The lowest BCUT2D eigenvalue weighted by Crippen LogP contribution is -2.39. The number of carbonyl (C=O) groups excluding carboxylic acids is 2. The van der Waals surface area contributed by atoms with Gasteiger partial charge in [-0.1, -0.05) is 41.4 Å². The third-order valence-electron chi connectivity index (χ3n) is 5.89. The van der Waals surface area contributed by atoms with Gasteiger partial charge in [-0.05, 0) is 36.3 Å². The Hall–Kier alpha value is -2.05. The van der Waals surface area contributed by atoms with E-state index in [2.05, 4.69) is 5.10 Å². The molecule has 28 heavy (non-hydrogen) atoms. The Bertz CT molecular complexity index is 886. The van der Waals surface area contributed by atoms with Crippen LogP contribution in [-0.4, -0.2) is 50.6 Å². The molecule has 0 radical (unpaired) electrons. The molecule has 2 aromatic rings. The van der Waals surface area contributed by atoms with Crippen LogP contribution in [0.2, 0.25) is 10.0 Å². The van der Waals surface area contributed by atoms with E-state index in [9.17, 15) is 9.59 Å². The van der Waals surface area contributed by atoms with Crippen molar-refractivity contribution in [2.45, 2.75) is 32.4 Å². The Kier molecular flexibility index (Phi) is 5.34. The topological polar surface area (TPSA) is 58.4 Å². The predicted molar refractivity (Wildman–Crippen MR) is 107 cm³/mol. The number of hydrogen-bond donors (Lipinski definition) is 0. The second kappa shape index (κ2) is 7.76. The van der Waals surface area contributed by atoms with Crippen LogP contribution in [0.5, 0.6) is 0 Å². The number of aromatic nitrogens is 2. The first-order chi connectivity index (χ1) is 13.4. The largest absolute Gasteiger partial charge is 0.344 e. The molecule has 1 saturated heterocycles. The number of amides is 2. The maximum atomic E-state index is 12.6. The van der Waals surface area contributed by atoms with Crippen LogP contribution in [0, 0.1) is 11.8 Å². The Balaban J connectivity index is 1.41. The summed E-state index contributed by atoms with van der Waals surface area (Å²) in [5.74, 6) is 0.852. The molecule has 0 spiro atoms. The van der Waals surface area contributed by atoms with Crippen LogP contribution >= 0.6 is 23.2 Å². The number of nitrogens with zero attached hydrogens (tertiary/aromatic N) is 4. The molecule has 1 aliphatic carbocycles. The number of rotatable bonds is 3. The van der Waals surface area contributed by atoms with E-state index in [4.69, 9.17) is 23.2 Å². The first-order valence-electron chi connectivity index (χ1n) is 9.42. The van der Waals surface area contributed by atoms with Crippen LogP contribution in [-0.2, 0) is 11.3 Å². The van der Waals surface area contributed by atoms with Crippen LogP contribution in [0.15, 0.2) is 36.7 Å². The zero-order valence-corrected chi connectivity index (χ0v) is 17.1. The van der Waals surface area contributed by atoms with Crippen molar-refractivity contribution in [2.75, 3.05) is 13.1 Å². The van der Waals surface area contributed by atoms with Gasteiger partial charge in [0.2, 0.25) is 5.91 Å². The van der Waals surface area contributed by atoms with Gasteiger partial charge in [0.05, 0.1) is 17.4 Å². The lowest BCUT2D eigenvalue weighted by Gasteiger charge is -2.30. The minimum Gasteiger partial charge on any atom is -0.336 e. The van der Waals surface area contributed by atoms with Gasteiger partial charge in [-0.25, -0.2) is 4.79 Å². The fourth-order valence-corrected chi connectivity index (χ4v) is 4.87. The molecule has 1 aromatic heterocycles. The SMILES string of the molecule is CC(=O)N(Cc1ccccc1Cl)C1CC2CN(C(=O)n3cc(Cl)cn3)C[C@@H]2C1. The van der Waals surface area contributed by atoms with E-state index in [1.807, 2.05) is 34.1 Å². The van der Waals surface area contributed by atoms with Crippen LogP contribution in [0.4, 0.5) is 4.79 Å². The highest BCUT2D eigenvalue weighted by atomic mass is 35.5. The highest BCUT2D eigenvalue weighted by Gasteiger charge is 2.44. The molecule has 1 aromatic carbocycles. The van der Waals surface area contributed by atoms with Crippen LogP contribution < -0.4 is 0 Å². The minimum absolute atomic E-state index is 0.0593. The summed E-state index contributed by atoms with van der Waals surface area (Å²) in [5.41, 5.74) is 0.962. The van der Waals surface area contributed by atoms with Crippen molar-refractivity contribution in [1.82, 2.24) is 19.6 Å². The van der Waals surface area contributed by atoms with Crippen molar-refractivity contribution >= 4 is 35.1 Å². The summed E-state index contributed by atoms with van der Waals surface area (Å²) >= 11 is 12.2. The Morgan fingerprint density at radius 2 is 1.86 bits per heavy atom. The lowest BCUT2D eigenvalue weighted by molar-refractivity contribution is -0.131. The van der Waals surface area contributed by atoms with Gasteiger partial charge in [0.1, 0.15) is 0 Å².